The third-order valence-corrected chi connectivity index (χ3v) is 6.43. The van der Waals surface area contributed by atoms with Gasteiger partial charge in [0.05, 0.1) is 36.0 Å². The standard InChI is InChI=1S/C25H27F3N4O5/c1-14(33)15-2-6-20(19(10-15)25(26,27)28)37-18-5-4-17(29-13-18)12-31-23(36)24(8-9-24)32-22(35)16-3-7-21(34)30-11-16/h2,4-6,10,13-14,16,33H,3,7-9,11-12H2,1H3,(H,30,34)(H,31,36)(H,32,35). The highest BCUT2D eigenvalue weighted by molar-refractivity contribution is 5.95. The number of ether oxygens (including phenoxy) is 1. The number of nitrogens with one attached hydrogen (secondary N) is 3. The molecule has 9 nitrogen and oxygen atoms in total. The van der Waals surface area contributed by atoms with Crippen LogP contribution < -0.4 is 20.7 Å². The molecule has 1 saturated heterocycles. The molecule has 198 valence electrons. The summed E-state index contributed by atoms with van der Waals surface area (Å²) in [5, 5.41) is 17.8. The average molecular weight is 521 g/mol. The number of rotatable bonds is 8. The maximum absolute atomic E-state index is 13.5. The van der Waals surface area contributed by atoms with Gasteiger partial charge in [0.1, 0.15) is 17.0 Å². The highest BCUT2D eigenvalue weighted by Gasteiger charge is 2.51. The van der Waals surface area contributed by atoms with Gasteiger partial charge in [0.25, 0.3) is 0 Å². The Morgan fingerprint density at radius 2 is 2.03 bits per heavy atom. The zero-order valence-electron chi connectivity index (χ0n) is 20.0. The Hall–Kier alpha value is -3.67. The van der Waals surface area contributed by atoms with E-state index in [-0.39, 0.29) is 54.5 Å². The van der Waals surface area contributed by atoms with E-state index in [0.717, 1.165) is 12.1 Å². The summed E-state index contributed by atoms with van der Waals surface area (Å²) >= 11 is 0. The Morgan fingerprint density at radius 1 is 1.27 bits per heavy atom. The molecule has 2 aromatic rings. The van der Waals surface area contributed by atoms with Gasteiger partial charge in [0.15, 0.2) is 0 Å². The van der Waals surface area contributed by atoms with Gasteiger partial charge in [-0.15, -0.1) is 0 Å². The van der Waals surface area contributed by atoms with Gasteiger partial charge in [-0.3, -0.25) is 19.4 Å². The van der Waals surface area contributed by atoms with Gasteiger partial charge in [-0.2, -0.15) is 13.2 Å². The molecule has 12 heteroatoms. The first kappa shape index (κ1) is 26.4. The molecule has 2 atom stereocenters. The van der Waals surface area contributed by atoms with Gasteiger partial charge >= 0.3 is 6.18 Å². The number of hydrogen-bond donors (Lipinski definition) is 4. The van der Waals surface area contributed by atoms with Crippen LogP contribution in [0.15, 0.2) is 36.5 Å². The van der Waals surface area contributed by atoms with E-state index in [2.05, 4.69) is 20.9 Å². The van der Waals surface area contributed by atoms with Crippen LogP contribution in [0, 0.1) is 5.92 Å². The largest absolute Gasteiger partial charge is 0.455 e. The van der Waals surface area contributed by atoms with Gasteiger partial charge < -0.3 is 25.8 Å². The molecular weight excluding hydrogens is 493 g/mol. The summed E-state index contributed by atoms with van der Waals surface area (Å²) in [5.74, 6) is -1.46. The maximum atomic E-state index is 13.5. The van der Waals surface area contributed by atoms with E-state index in [1.165, 1.54) is 31.3 Å². The molecule has 1 saturated carbocycles. The smallest absolute Gasteiger partial charge is 0.419 e. The van der Waals surface area contributed by atoms with Crippen LogP contribution in [-0.4, -0.2) is 39.9 Å². The number of aromatic nitrogens is 1. The highest BCUT2D eigenvalue weighted by Crippen LogP contribution is 2.39. The van der Waals surface area contributed by atoms with Crippen LogP contribution in [0.1, 0.15) is 55.5 Å². The molecular formula is C25H27F3N4O5. The number of carbonyl (C=O) groups excluding carboxylic acids is 3. The van der Waals surface area contributed by atoms with Crippen molar-refractivity contribution in [2.75, 3.05) is 6.54 Å². The second-order valence-corrected chi connectivity index (χ2v) is 9.31. The summed E-state index contributed by atoms with van der Waals surface area (Å²) in [6, 6.07) is 6.28. The number of nitrogens with zero attached hydrogens (tertiary/aromatic N) is 1. The van der Waals surface area contributed by atoms with Crippen LogP contribution in [0.25, 0.3) is 0 Å². The molecule has 37 heavy (non-hydrogen) atoms. The van der Waals surface area contributed by atoms with E-state index in [0.29, 0.717) is 25.0 Å². The monoisotopic (exact) mass is 520 g/mol. The molecule has 0 bridgehead atoms. The lowest BCUT2D eigenvalue weighted by molar-refractivity contribution is -0.138. The summed E-state index contributed by atoms with van der Waals surface area (Å²) < 4.78 is 45.8. The first-order valence-corrected chi connectivity index (χ1v) is 11.9. The second-order valence-electron chi connectivity index (χ2n) is 9.31. The van der Waals surface area contributed by atoms with Crippen molar-refractivity contribution >= 4 is 17.7 Å². The zero-order chi connectivity index (χ0) is 26.8. The van der Waals surface area contributed by atoms with Crippen LogP contribution in [-0.2, 0) is 27.1 Å². The second kappa shape index (κ2) is 10.4. The molecule has 1 aromatic carbocycles. The quantitative estimate of drug-likeness (QED) is 0.424. The number of benzene rings is 1. The van der Waals surface area contributed by atoms with Crippen molar-refractivity contribution in [1.82, 2.24) is 20.9 Å². The molecule has 1 aliphatic heterocycles. The third kappa shape index (κ3) is 6.37. The van der Waals surface area contributed by atoms with E-state index in [1.807, 2.05) is 0 Å². The lowest BCUT2D eigenvalue weighted by Gasteiger charge is -2.24. The van der Waals surface area contributed by atoms with Crippen LogP contribution in [0.3, 0.4) is 0 Å². The number of amides is 3. The van der Waals surface area contributed by atoms with E-state index >= 15 is 0 Å². The number of hydrogen-bond acceptors (Lipinski definition) is 6. The van der Waals surface area contributed by atoms with Crippen LogP contribution >= 0.6 is 0 Å². The Balaban J connectivity index is 1.33. The minimum absolute atomic E-state index is 0.0487. The fourth-order valence-electron chi connectivity index (χ4n) is 3.99. The first-order chi connectivity index (χ1) is 17.5. The summed E-state index contributed by atoms with van der Waals surface area (Å²) in [7, 11) is 0. The van der Waals surface area contributed by atoms with Gasteiger partial charge in [-0.25, -0.2) is 0 Å². The Kier molecular flexibility index (Phi) is 7.39. The van der Waals surface area contributed by atoms with E-state index in [9.17, 15) is 32.7 Å². The van der Waals surface area contributed by atoms with Crippen LogP contribution in [0.4, 0.5) is 13.2 Å². The fourth-order valence-corrected chi connectivity index (χ4v) is 3.99. The van der Waals surface area contributed by atoms with E-state index in [1.54, 1.807) is 0 Å². The Bertz CT molecular complexity index is 1170. The number of piperidine rings is 1. The molecule has 4 N–H and O–H groups in total. The molecule has 2 fully saturated rings. The number of halogens is 3. The van der Waals surface area contributed by atoms with Gasteiger partial charge in [0, 0.05) is 13.0 Å². The summed E-state index contributed by atoms with van der Waals surface area (Å²) in [6.07, 6.45) is -2.80. The molecule has 2 aliphatic rings. The van der Waals surface area contributed by atoms with Crippen molar-refractivity contribution in [3.63, 3.8) is 0 Å². The number of carbonyl (C=O) groups is 3. The minimum Gasteiger partial charge on any atom is -0.455 e. The molecule has 0 spiro atoms. The topological polar surface area (TPSA) is 130 Å². The number of alkyl halides is 3. The SMILES string of the molecule is CC(O)c1ccc(Oc2ccc(CNC(=O)C3(NC(=O)C4CCC(=O)NC4)CC3)nc2)c(C(F)(F)F)c1. The lowest BCUT2D eigenvalue weighted by Crippen LogP contribution is -2.52. The van der Waals surface area contributed by atoms with E-state index in [4.69, 9.17) is 4.74 Å². The molecule has 0 radical (unpaired) electrons. The Labute approximate surface area is 210 Å². The van der Waals surface area contributed by atoms with Gasteiger partial charge in [-0.1, -0.05) is 6.07 Å². The highest BCUT2D eigenvalue weighted by atomic mass is 19.4. The maximum Gasteiger partial charge on any atom is 0.419 e. The fraction of sp³-hybridized carbons (Fsp3) is 0.440. The molecule has 1 aliphatic carbocycles. The number of aliphatic hydroxyl groups is 1. The zero-order valence-corrected chi connectivity index (χ0v) is 20.0. The molecule has 4 rings (SSSR count). The molecule has 2 heterocycles. The van der Waals surface area contributed by atoms with Gasteiger partial charge in [0.2, 0.25) is 17.7 Å². The van der Waals surface area contributed by atoms with Crippen molar-refractivity contribution in [2.24, 2.45) is 5.92 Å². The van der Waals surface area contributed by atoms with Crippen LogP contribution in [0.2, 0.25) is 0 Å². The summed E-state index contributed by atoms with van der Waals surface area (Å²) in [5.41, 5.74) is -1.44. The molecule has 3 amide bonds. The lowest BCUT2D eigenvalue weighted by atomic mass is 9.97. The summed E-state index contributed by atoms with van der Waals surface area (Å²) in [4.78, 5) is 40.7. The normalized spacial score (nSPS) is 19.4. The predicted octanol–water partition coefficient (Wildman–Crippen LogP) is 2.74. The van der Waals surface area contributed by atoms with E-state index < -0.39 is 29.1 Å². The van der Waals surface area contributed by atoms with Crippen molar-refractivity contribution in [1.29, 1.82) is 0 Å². The first-order valence-electron chi connectivity index (χ1n) is 11.9. The Morgan fingerprint density at radius 3 is 2.59 bits per heavy atom. The predicted molar refractivity (Wildman–Crippen MR) is 124 cm³/mol. The van der Waals surface area contributed by atoms with Crippen molar-refractivity contribution in [3.05, 3.63) is 53.3 Å². The number of aliphatic hydroxyl groups excluding tert-OH is 1. The van der Waals surface area contributed by atoms with Crippen molar-refractivity contribution in [3.8, 4) is 11.5 Å². The van der Waals surface area contributed by atoms with Crippen LogP contribution in [0.5, 0.6) is 11.5 Å². The molecule has 1 aromatic heterocycles. The van der Waals surface area contributed by atoms with Gasteiger partial charge in [-0.05, 0) is 56.0 Å². The minimum atomic E-state index is -4.68. The number of pyridine rings is 1. The third-order valence-electron chi connectivity index (χ3n) is 6.43. The summed E-state index contributed by atoms with van der Waals surface area (Å²) in [6.45, 7) is 1.66. The van der Waals surface area contributed by atoms with Crippen molar-refractivity contribution in [2.45, 2.75) is 57.0 Å². The van der Waals surface area contributed by atoms with Crippen molar-refractivity contribution < 1.29 is 37.4 Å². The molecule has 2 unspecified atom stereocenters. The average Bonchev–Trinajstić information content (AvgIpc) is 3.64.